The van der Waals surface area contributed by atoms with Crippen LogP contribution in [0.1, 0.15) is 19.8 Å². The van der Waals surface area contributed by atoms with Crippen LogP contribution in [0.25, 0.3) is 11.0 Å². The summed E-state index contributed by atoms with van der Waals surface area (Å²) in [4.78, 5) is 20.1. The summed E-state index contributed by atoms with van der Waals surface area (Å²) in [6.45, 7) is 6.31. The maximum atomic E-state index is 11.2. The quantitative estimate of drug-likeness (QED) is 0.258. The van der Waals surface area contributed by atoms with E-state index in [9.17, 15) is 10.1 Å². The van der Waals surface area contributed by atoms with Crippen molar-refractivity contribution in [2.24, 2.45) is 0 Å². The van der Waals surface area contributed by atoms with Gasteiger partial charge in [-0.2, -0.15) is 0 Å². The summed E-state index contributed by atoms with van der Waals surface area (Å²) in [6.07, 6.45) is 1.95. The molecule has 4 rings (SSSR count). The van der Waals surface area contributed by atoms with Crippen LogP contribution in [-0.2, 0) is 14.2 Å². The average molecular weight is 528 g/mol. The first kappa shape index (κ1) is 27.3. The minimum atomic E-state index is -0.443. The van der Waals surface area contributed by atoms with Gasteiger partial charge in [-0.15, -0.1) is 0 Å². The van der Waals surface area contributed by atoms with Crippen LogP contribution in [-0.4, -0.2) is 74.3 Å². The second kappa shape index (κ2) is 14.3. The predicted octanol–water partition coefficient (Wildman–Crippen LogP) is 4.31. The lowest BCUT2D eigenvalue weighted by Crippen LogP contribution is -2.13. The molecule has 2 heterocycles. The highest BCUT2D eigenvalue weighted by atomic mass is 16.6. The first-order valence-corrected chi connectivity index (χ1v) is 12.7. The van der Waals surface area contributed by atoms with Crippen LogP contribution >= 0.6 is 0 Å². The topological polar surface area (TPSA) is 139 Å². The number of benzene rings is 2. The molecule has 0 saturated heterocycles. The number of nitrogens with zero attached hydrogens (tertiary/aromatic N) is 3. The summed E-state index contributed by atoms with van der Waals surface area (Å²) in [5.41, 5.74) is 1.65. The van der Waals surface area contributed by atoms with E-state index < -0.39 is 4.92 Å². The molecule has 0 spiro atoms. The number of aromatic nitrogens is 2. The Hall–Kier alpha value is -3.74. The Labute approximate surface area is 220 Å². The lowest BCUT2D eigenvalue weighted by Gasteiger charge is -2.16. The smallest absolute Gasteiger partial charge is 0.271 e. The third-order valence-electron chi connectivity index (χ3n) is 5.60. The van der Waals surface area contributed by atoms with Gasteiger partial charge in [0.1, 0.15) is 13.2 Å². The SMILES string of the molecule is CCCCNc1nc2cc([N+](=O)[O-])ccc2nc1Nc1ccc2c(c1)OCCOCCOCCOCCO2. The molecule has 0 atom stereocenters. The Kier molecular flexibility index (Phi) is 10.2. The molecular formula is C26H33N5O7. The Balaban J connectivity index is 1.57. The van der Waals surface area contributed by atoms with Crippen molar-refractivity contribution in [3.8, 4) is 11.5 Å². The maximum Gasteiger partial charge on any atom is 0.271 e. The molecule has 204 valence electrons. The van der Waals surface area contributed by atoms with Crippen molar-refractivity contribution in [2.45, 2.75) is 19.8 Å². The highest BCUT2D eigenvalue weighted by Gasteiger charge is 2.15. The molecule has 1 aliphatic heterocycles. The molecule has 2 aromatic carbocycles. The Bertz CT molecular complexity index is 1210. The van der Waals surface area contributed by atoms with Crippen molar-refractivity contribution >= 4 is 34.0 Å². The van der Waals surface area contributed by atoms with Crippen LogP contribution in [0.3, 0.4) is 0 Å². The highest BCUT2D eigenvalue weighted by Crippen LogP contribution is 2.33. The second-order valence-corrected chi connectivity index (χ2v) is 8.45. The van der Waals surface area contributed by atoms with Crippen LogP contribution in [0.15, 0.2) is 36.4 Å². The molecule has 1 aromatic heterocycles. The number of nitrogens with one attached hydrogen (secondary N) is 2. The van der Waals surface area contributed by atoms with Gasteiger partial charge in [0.2, 0.25) is 0 Å². The molecule has 38 heavy (non-hydrogen) atoms. The zero-order valence-electron chi connectivity index (χ0n) is 21.4. The highest BCUT2D eigenvalue weighted by molar-refractivity contribution is 5.83. The Morgan fingerprint density at radius 3 is 2.16 bits per heavy atom. The lowest BCUT2D eigenvalue weighted by molar-refractivity contribution is -0.384. The third kappa shape index (κ3) is 7.88. The van der Waals surface area contributed by atoms with Crippen LogP contribution in [0.4, 0.5) is 23.0 Å². The molecule has 2 N–H and O–H groups in total. The average Bonchev–Trinajstić information content (AvgIpc) is 2.92. The zero-order valence-corrected chi connectivity index (χ0v) is 21.4. The van der Waals surface area contributed by atoms with E-state index >= 15 is 0 Å². The number of non-ortho nitro benzene ring substituents is 1. The zero-order chi connectivity index (χ0) is 26.6. The number of ether oxygens (including phenoxy) is 5. The molecule has 3 aromatic rings. The molecule has 0 aliphatic carbocycles. The molecule has 0 unspecified atom stereocenters. The van der Waals surface area contributed by atoms with Gasteiger partial charge in [0.15, 0.2) is 23.1 Å². The van der Waals surface area contributed by atoms with Gasteiger partial charge < -0.3 is 34.3 Å². The monoisotopic (exact) mass is 527 g/mol. The van der Waals surface area contributed by atoms with E-state index in [1.54, 1.807) is 6.07 Å². The van der Waals surface area contributed by atoms with Crippen molar-refractivity contribution in [2.75, 3.05) is 70.0 Å². The summed E-state index contributed by atoms with van der Waals surface area (Å²) in [7, 11) is 0. The third-order valence-corrected chi connectivity index (χ3v) is 5.60. The summed E-state index contributed by atoms with van der Waals surface area (Å²) in [5.74, 6) is 2.14. The molecular weight excluding hydrogens is 494 g/mol. The molecule has 12 nitrogen and oxygen atoms in total. The summed E-state index contributed by atoms with van der Waals surface area (Å²) < 4.78 is 28.4. The largest absolute Gasteiger partial charge is 0.487 e. The van der Waals surface area contributed by atoms with E-state index in [4.69, 9.17) is 28.7 Å². The molecule has 0 amide bonds. The van der Waals surface area contributed by atoms with Crippen molar-refractivity contribution in [1.82, 2.24) is 9.97 Å². The Morgan fingerprint density at radius 2 is 1.47 bits per heavy atom. The minimum Gasteiger partial charge on any atom is -0.487 e. The van der Waals surface area contributed by atoms with Gasteiger partial charge >= 0.3 is 0 Å². The fourth-order valence-electron chi connectivity index (χ4n) is 3.67. The summed E-state index contributed by atoms with van der Waals surface area (Å²) in [6, 6.07) is 9.95. The maximum absolute atomic E-state index is 11.2. The molecule has 0 radical (unpaired) electrons. The van der Waals surface area contributed by atoms with Crippen molar-refractivity contribution in [1.29, 1.82) is 0 Å². The second-order valence-electron chi connectivity index (χ2n) is 8.45. The molecule has 0 fully saturated rings. The lowest BCUT2D eigenvalue weighted by atomic mass is 10.2. The Morgan fingerprint density at radius 1 is 0.816 bits per heavy atom. The number of nitro benzene ring substituents is 1. The fourth-order valence-corrected chi connectivity index (χ4v) is 3.67. The summed E-state index contributed by atoms with van der Waals surface area (Å²) >= 11 is 0. The van der Waals surface area contributed by atoms with Gasteiger partial charge in [-0.3, -0.25) is 10.1 Å². The van der Waals surface area contributed by atoms with Crippen molar-refractivity contribution in [3.63, 3.8) is 0 Å². The van der Waals surface area contributed by atoms with E-state index in [2.05, 4.69) is 22.5 Å². The van der Waals surface area contributed by atoms with Gasteiger partial charge in [-0.1, -0.05) is 13.3 Å². The van der Waals surface area contributed by atoms with Gasteiger partial charge in [0, 0.05) is 30.4 Å². The molecule has 1 aliphatic rings. The van der Waals surface area contributed by atoms with Gasteiger partial charge in [0.25, 0.3) is 5.69 Å². The van der Waals surface area contributed by atoms with Crippen LogP contribution < -0.4 is 20.1 Å². The number of fused-ring (bicyclic) bond motifs is 2. The number of unbranched alkanes of at least 4 members (excludes halogenated alkanes) is 1. The van der Waals surface area contributed by atoms with Crippen LogP contribution in [0.2, 0.25) is 0 Å². The minimum absolute atomic E-state index is 0.0343. The number of hydrogen-bond acceptors (Lipinski definition) is 11. The molecule has 12 heteroatoms. The number of anilines is 3. The molecule has 0 bridgehead atoms. The number of nitro groups is 1. The first-order chi connectivity index (χ1) is 18.6. The van der Waals surface area contributed by atoms with E-state index in [0.717, 1.165) is 12.8 Å². The predicted molar refractivity (Wildman–Crippen MR) is 143 cm³/mol. The number of hydrogen-bond donors (Lipinski definition) is 2. The van der Waals surface area contributed by atoms with E-state index in [0.29, 0.717) is 99.3 Å². The van der Waals surface area contributed by atoms with E-state index in [-0.39, 0.29) is 5.69 Å². The van der Waals surface area contributed by atoms with Gasteiger partial charge in [0.05, 0.1) is 55.6 Å². The van der Waals surface area contributed by atoms with Crippen molar-refractivity contribution in [3.05, 3.63) is 46.5 Å². The number of rotatable bonds is 7. The van der Waals surface area contributed by atoms with Crippen molar-refractivity contribution < 1.29 is 28.6 Å². The van der Waals surface area contributed by atoms with E-state index in [1.165, 1.54) is 12.1 Å². The van der Waals surface area contributed by atoms with E-state index in [1.807, 2.05) is 18.2 Å². The first-order valence-electron chi connectivity index (χ1n) is 12.7. The van der Waals surface area contributed by atoms with Gasteiger partial charge in [-0.25, -0.2) is 9.97 Å². The molecule has 0 saturated carbocycles. The van der Waals surface area contributed by atoms with Gasteiger partial charge in [-0.05, 0) is 24.6 Å². The van der Waals surface area contributed by atoms with Crippen LogP contribution in [0, 0.1) is 10.1 Å². The fraction of sp³-hybridized carbons (Fsp3) is 0.462. The standard InChI is InChI=1S/C26H33N5O7/c1-2-3-8-27-25-26(29-21-6-5-20(31(32)33)18-22(21)30-25)28-19-4-7-23-24(17-19)38-16-14-36-12-10-34-9-11-35-13-15-37-23/h4-7,17-18H,2-3,8-16H2,1H3,(H,27,30)(H,28,29). The normalized spacial score (nSPS) is 15.3. The summed E-state index contributed by atoms with van der Waals surface area (Å²) in [5, 5.41) is 17.8. The van der Waals surface area contributed by atoms with Crippen LogP contribution in [0.5, 0.6) is 11.5 Å².